The zero-order valence-electron chi connectivity index (χ0n) is 16.3. The van der Waals surface area contributed by atoms with Gasteiger partial charge in [-0.05, 0) is 25.8 Å². The lowest BCUT2D eigenvalue weighted by Crippen LogP contribution is -2.26. The number of allylic oxidation sites excluding steroid dienone is 1. The summed E-state index contributed by atoms with van der Waals surface area (Å²) in [7, 11) is 0. The van der Waals surface area contributed by atoms with E-state index in [4.69, 9.17) is 4.74 Å². The Morgan fingerprint density at radius 1 is 1.07 bits per heavy atom. The van der Waals surface area contributed by atoms with Crippen molar-refractivity contribution >= 4 is 17.3 Å². The first-order valence-corrected chi connectivity index (χ1v) is 9.38. The number of nitriles is 2. The molecule has 0 spiro atoms. The predicted molar refractivity (Wildman–Crippen MR) is 107 cm³/mol. The lowest BCUT2D eigenvalue weighted by atomic mass is 9.82. The van der Waals surface area contributed by atoms with Crippen LogP contribution in [-0.2, 0) is 9.53 Å². The first-order valence-electron chi connectivity index (χ1n) is 9.38. The maximum Gasteiger partial charge on any atom is 0.317 e. The smallest absolute Gasteiger partial charge is 0.317 e. The van der Waals surface area contributed by atoms with Gasteiger partial charge in [-0.2, -0.15) is 10.5 Å². The number of carbonyl (C=O) groups excluding carboxylic acids is 2. The second-order valence-corrected chi connectivity index (χ2v) is 7.02. The molecule has 3 rings (SSSR count). The van der Waals surface area contributed by atoms with Gasteiger partial charge in [0.15, 0.2) is 5.78 Å². The van der Waals surface area contributed by atoms with Crippen LogP contribution in [0.3, 0.4) is 0 Å². The third-order valence-electron chi connectivity index (χ3n) is 5.20. The number of benzene rings is 2. The summed E-state index contributed by atoms with van der Waals surface area (Å²) in [5.41, 5.74) is 0.756. The lowest BCUT2D eigenvalue weighted by molar-refractivity contribution is -0.147. The molecule has 0 saturated heterocycles. The molecule has 2 aromatic carbocycles. The van der Waals surface area contributed by atoms with Crippen LogP contribution >= 0.6 is 0 Å². The van der Waals surface area contributed by atoms with Crippen LogP contribution in [0.25, 0.3) is 5.57 Å². The summed E-state index contributed by atoms with van der Waals surface area (Å²) in [6, 6.07) is 19.8. The van der Waals surface area contributed by atoms with Crippen molar-refractivity contribution < 1.29 is 14.3 Å². The van der Waals surface area contributed by atoms with Gasteiger partial charge in [-0.3, -0.25) is 9.59 Å². The molecular formula is C24H20N2O3. The summed E-state index contributed by atoms with van der Waals surface area (Å²) in [6.07, 6.45) is 0.204. The Kier molecular flexibility index (Phi) is 5.61. The Morgan fingerprint density at radius 2 is 1.72 bits per heavy atom. The van der Waals surface area contributed by atoms with Gasteiger partial charge in [0.1, 0.15) is 23.1 Å². The minimum Gasteiger partial charge on any atom is -0.465 e. The molecule has 2 atom stereocenters. The van der Waals surface area contributed by atoms with Gasteiger partial charge in [0, 0.05) is 17.1 Å². The standard InChI is InChI=1S/C24H20N2O3/c1-3-29-23(28)24(13-20(24)22(27)17-9-5-4-6-10-17)21(19(14-25)15-26)18-11-7-8-16(2)12-18/h4-12,20H,3,13H2,1-2H3/t20-,24+/m0/s1. The van der Waals surface area contributed by atoms with E-state index in [0.29, 0.717) is 11.1 Å². The molecule has 0 unspecified atom stereocenters. The predicted octanol–water partition coefficient (Wildman–Crippen LogP) is 4.25. The van der Waals surface area contributed by atoms with Crippen molar-refractivity contribution in [2.45, 2.75) is 20.3 Å². The van der Waals surface area contributed by atoms with Crippen molar-refractivity contribution in [1.82, 2.24) is 0 Å². The molecule has 5 heteroatoms. The molecule has 1 aliphatic rings. The summed E-state index contributed by atoms with van der Waals surface area (Å²) >= 11 is 0. The average Bonchev–Trinajstić information content (AvgIpc) is 3.48. The van der Waals surface area contributed by atoms with Crippen molar-refractivity contribution in [3.8, 4) is 12.1 Å². The number of ketones is 1. The highest BCUT2D eigenvalue weighted by Crippen LogP contribution is 2.63. The van der Waals surface area contributed by atoms with Gasteiger partial charge >= 0.3 is 5.97 Å². The zero-order valence-corrected chi connectivity index (χ0v) is 16.3. The topological polar surface area (TPSA) is 90.9 Å². The molecule has 1 aliphatic carbocycles. The molecule has 0 aromatic heterocycles. The minimum atomic E-state index is -1.34. The first-order chi connectivity index (χ1) is 14.0. The normalized spacial score (nSPS) is 19.4. The Morgan fingerprint density at radius 3 is 2.31 bits per heavy atom. The van der Waals surface area contributed by atoms with Gasteiger partial charge in [0.05, 0.1) is 6.61 Å². The van der Waals surface area contributed by atoms with E-state index in [2.05, 4.69) is 0 Å². The average molecular weight is 384 g/mol. The molecule has 0 bridgehead atoms. The Balaban J connectivity index is 2.19. The molecule has 144 valence electrons. The molecule has 0 aliphatic heterocycles. The monoisotopic (exact) mass is 384 g/mol. The van der Waals surface area contributed by atoms with E-state index < -0.39 is 17.3 Å². The van der Waals surface area contributed by atoms with Gasteiger partial charge in [0.2, 0.25) is 0 Å². The van der Waals surface area contributed by atoms with Crippen LogP contribution in [0.4, 0.5) is 0 Å². The molecule has 0 radical (unpaired) electrons. The van der Waals surface area contributed by atoms with Crippen molar-refractivity contribution in [2.75, 3.05) is 6.61 Å². The van der Waals surface area contributed by atoms with E-state index >= 15 is 0 Å². The van der Waals surface area contributed by atoms with Crippen LogP contribution in [0.1, 0.15) is 34.8 Å². The van der Waals surface area contributed by atoms with E-state index in [1.807, 2.05) is 37.3 Å². The van der Waals surface area contributed by atoms with Gasteiger partial charge in [-0.1, -0.05) is 60.2 Å². The van der Waals surface area contributed by atoms with Crippen molar-refractivity contribution in [1.29, 1.82) is 10.5 Å². The Hall–Kier alpha value is -3.70. The van der Waals surface area contributed by atoms with Crippen LogP contribution < -0.4 is 0 Å². The third-order valence-corrected chi connectivity index (χ3v) is 5.20. The number of carbonyl (C=O) groups is 2. The largest absolute Gasteiger partial charge is 0.465 e. The maximum atomic E-state index is 13.1. The highest BCUT2D eigenvalue weighted by atomic mass is 16.5. The molecule has 0 N–H and O–H groups in total. The number of ether oxygens (including phenoxy) is 1. The van der Waals surface area contributed by atoms with Crippen molar-refractivity contribution in [2.24, 2.45) is 11.3 Å². The quantitative estimate of drug-likeness (QED) is 0.422. The van der Waals surface area contributed by atoms with E-state index in [1.165, 1.54) is 0 Å². The van der Waals surface area contributed by atoms with Crippen LogP contribution in [0, 0.1) is 40.9 Å². The fraction of sp³-hybridized carbons (Fsp3) is 0.250. The fourth-order valence-corrected chi connectivity index (χ4v) is 3.81. The first kappa shape index (κ1) is 20.0. The van der Waals surface area contributed by atoms with Gasteiger partial charge in [-0.15, -0.1) is 0 Å². The molecule has 2 aromatic rings. The lowest BCUT2D eigenvalue weighted by Gasteiger charge is -2.21. The van der Waals surface area contributed by atoms with E-state index in [0.717, 1.165) is 5.56 Å². The fourth-order valence-electron chi connectivity index (χ4n) is 3.81. The molecular weight excluding hydrogens is 364 g/mol. The number of aryl methyl sites for hydroxylation is 1. The van der Waals surface area contributed by atoms with Crippen molar-refractivity contribution in [3.05, 3.63) is 76.9 Å². The highest BCUT2D eigenvalue weighted by molar-refractivity contribution is 6.11. The van der Waals surface area contributed by atoms with Crippen molar-refractivity contribution in [3.63, 3.8) is 0 Å². The van der Waals surface area contributed by atoms with E-state index in [9.17, 15) is 20.1 Å². The second-order valence-electron chi connectivity index (χ2n) is 7.02. The van der Waals surface area contributed by atoms with Gasteiger partial charge in [-0.25, -0.2) is 0 Å². The number of esters is 1. The molecule has 0 heterocycles. The summed E-state index contributed by atoms with van der Waals surface area (Å²) in [5.74, 6) is -1.45. The number of hydrogen-bond donors (Lipinski definition) is 0. The number of nitrogens with zero attached hydrogens (tertiary/aromatic N) is 2. The molecule has 5 nitrogen and oxygen atoms in total. The van der Waals surface area contributed by atoms with Crippen LogP contribution in [-0.4, -0.2) is 18.4 Å². The number of hydrogen-bond acceptors (Lipinski definition) is 5. The number of rotatable bonds is 6. The molecule has 1 saturated carbocycles. The van der Waals surface area contributed by atoms with Gasteiger partial charge in [0.25, 0.3) is 0 Å². The van der Waals surface area contributed by atoms with Crippen LogP contribution in [0.5, 0.6) is 0 Å². The minimum absolute atomic E-state index is 0.141. The highest BCUT2D eigenvalue weighted by Gasteiger charge is 2.67. The number of Topliss-reactive ketones (excluding diaryl/α,β-unsaturated/α-hetero) is 1. The molecule has 1 fully saturated rings. The van der Waals surface area contributed by atoms with E-state index in [-0.39, 0.29) is 30.0 Å². The maximum absolute atomic E-state index is 13.1. The summed E-state index contributed by atoms with van der Waals surface area (Å²) < 4.78 is 5.31. The van der Waals surface area contributed by atoms with Crippen LogP contribution in [0.2, 0.25) is 0 Å². The summed E-state index contributed by atoms with van der Waals surface area (Å²) in [5, 5.41) is 19.2. The van der Waals surface area contributed by atoms with Gasteiger partial charge < -0.3 is 4.74 Å². The summed E-state index contributed by atoms with van der Waals surface area (Å²) in [6.45, 7) is 3.71. The zero-order chi connectivity index (χ0) is 21.0. The third kappa shape index (κ3) is 3.56. The molecule has 0 amide bonds. The summed E-state index contributed by atoms with van der Waals surface area (Å²) in [4.78, 5) is 26.2. The molecule has 29 heavy (non-hydrogen) atoms. The SMILES string of the molecule is CCOC(=O)[C@]1(C(=C(C#N)C#N)c2cccc(C)c2)C[C@H]1C(=O)c1ccccc1. The Bertz CT molecular complexity index is 1060. The Labute approximate surface area is 169 Å². The van der Waals surface area contributed by atoms with Crippen LogP contribution in [0.15, 0.2) is 60.2 Å². The van der Waals surface area contributed by atoms with E-state index in [1.54, 1.807) is 43.3 Å². The second kappa shape index (κ2) is 8.12.